The van der Waals surface area contributed by atoms with Crippen molar-refractivity contribution in [1.82, 2.24) is 0 Å². The number of hydrogen-bond donors (Lipinski definition) is 2. The molecule has 0 bridgehead atoms. The van der Waals surface area contributed by atoms with E-state index in [4.69, 9.17) is 9.47 Å². The van der Waals surface area contributed by atoms with Crippen LogP contribution in [0.4, 0.5) is 4.39 Å². The van der Waals surface area contributed by atoms with Crippen molar-refractivity contribution in [2.45, 2.75) is 52.9 Å². The van der Waals surface area contributed by atoms with Gasteiger partial charge in [0.1, 0.15) is 24.8 Å². The standard InChI is InChI=1S/C34H41FO5/c1-5-26-20-25(8-7-17-34(6-2,22-36)23-37)9-15-30(26)31-16-12-28(21-32(31)35)27-10-13-29(14-11-27)39-18-19-40-33(38)24(3)4/h9-16,20-21,36-37H,3,5-8,17-19,22-23H2,1-2,4H3. The number of hydrogen-bond acceptors (Lipinski definition) is 5. The predicted octanol–water partition coefficient (Wildman–Crippen LogP) is 6.92. The minimum Gasteiger partial charge on any atom is -0.490 e. The van der Waals surface area contributed by atoms with Crippen molar-refractivity contribution in [3.63, 3.8) is 0 Å². The average Bonchev–Trinajstić information content (AvgIpc) is 2.98. The quantitative estimate of drug-likeness (QED) is 0.122. The first kappa shape index (κ1) is 31.1. The van der Waals surface area contributed by atoms with Gasteiger partial charge in [-0.1, -0.05) is 62.9 Å². The molecule has 0 aromatic heterocycles. The van der Waals surface area contributed by atoms with Crippen LogP contribution in [0.25, 0.3) is 22.3 Å². The van der Waals surface area contributed by atoms with E-state index in [0.717, 1.165) is 54.4 Å². The first-order valence-corrected chi connectivity index (χ1v) is 13.9. The van der Waals surface area contributed by atoms with Crippen LogP contribution in [0.3, 0.4) is 0 Å². The fourth-order valence-electron chi connectivity index (χ4n) is 4.71. The lowest BCUT2D eigenvalue weighted by atomic mass is 9.81. The van der Waals surface area contributed by atoms with E-state index in [2.05, 4.69) is 19.6 Å². The molecule has 5 nitrogen and oxygen atoms in total. The fourth-order valence-corrected chi connectivity index (χ4v) is 4.71. The Bertz CT molecular complexity index is 1270. The highest BCUT2D eigenvalue weighted by molar-refractivity contribution is 5.86. The first-order chi connectivity index (χ1) is 19.3. The number of carbonyl (C=O) groups excluding carboxylic acids is 1. The third-order valence-electron chi connectivity index (χ3n) is 7.52. The molecule has 2 N–H and O–H groups in total. The Labute approximate surface area is 237 Å². The van der Waals surface area contributed by atoms with E-state index in [1.165, 1.54) is 5.56 Å². The maximum atomic E-state index is 15.4. The van der Waals surface area contributed by atoms with Gasteiger partial charge in [-0.25, -0.2) is 9.18 Å². The van der Waals surface area contributed by atoms with E-state index >= 15 is 4.39 Å². The average molecular weight is 549 g/mol. The van der Waals surface area contributed by atoms with Gasteiger partial charge in [-0.15, -0.1) is 0 Å². The van der Waals surface area contributed by atoms with Gasteiger partial charge in [0, 0.05) is 16.6 Å². The van der Waals surface area contributed by atoms with Gasteiger partial charge in [-0.2, -0.15) is 0 Å². The number of halogens is 1. The predicted molar refractivity (Wildman–Crippen MR) is 158 cm³/mol. The summed E-state index contributed by atoms with van der Waals surface area (Å²) in [6.07, 6.45) is 3.99. The van der Waals surface area contributed by atoms with Crippen molar-refractivity contribution in [3.05, 3.63) is 89.8 Å². The fraction of sp³-hybridized carbons (Fsp3) is 0.382. The first-order valence-electron chi connectivity index (χ1n) is 13.9. The summed E-state index contributed by atoms with van der Waals surface area (Å²) in [5, 5.41) is 19.4. The van der Waals surface area contributed by atoms with Gasteiger partial charge in [0.25, 0.3) is 0 Å². The van der Waals surface area contributed by atoms with E-state index in [0.29, 0.717) is 16.9 Å². The van der Waals surface area contributed by atoms with Crippen LogP contribution in [-0.2, 0) is 22.4 Å². The van der Waals surface area contributed by atoms with Gasteiger partial charge in [-0.05, 0) is 85.0 Å². The van der Waals surface area contributed by atoms with Crippen molar-refractivity contribution in [2.75, 3.05) is 26.4 Å². The topological polar surface area (TPSA) is 76.0 Å². The van der Waals surface area contributed by atoms with Gasteiger partial charge < -0.3 is 19.7 Å². The number of aliphatic hydroxyl groups is 2. The zero-order valence-corrected chi connectivity index (χ0v) is 23.8. The third kappa shape index (κ3) is 8.03. The second-order valence-corrected chi connectivity index (χ2v) is 10.4. The van der Waals surface area contributed by atoms with Crippen molar-refractivity contribution < 1.29 is 28.9 Å². The van der Waals surface area contributed by atoms with Crippen LogP contribution in [0.15, 0.2) is 72.8 Å². The summed E-state index contributed by atoms with van der Waals surface area (Å²) in [5.74, 6) is -0.0892. The Morgan fingerprint density at radius 2 is 1.60 bits per heavy atom. The summed E-state index contributed by atoms with van der Waals surface area (Å²) in [6.45, 7) is 9.53. The molecule has 3 aromatic rings. The molecule has 6 heteroatoms. The Morgan fingerprint density at radius 1 is 0.925 bits per heavy atom. The van der Waals surface area contributed by atoms with Crippen molar-refractivity contribution in [1.29, 1.82) is 0 Å². The van der Waals surface area contributed by atoms with Crippen LogP contribution < -0.4 is 4.74 Å². The van der Waals surface area contributed by atoms with E-state index in [1.807, 2.05) is 43.3 Å². The monoisotopic (exact) mass is 548 g/mol. The highest BCUT2D eigenvalue weighted by Crippen LogP contribution is 2.33. The number of ether oxygens (including phenoxy) is 2. The highest BCUT2D eigenvalue weighted by Gasteiger charge is 2.25. The molecule has 0 atom stereocenters. The number of aryl methyl sites for hydroxylation is 2. The maximum absolute atomic E-state index is 15.4. The van der Waals surface area contributed by atoms with Gasteiger partial charge in [0.05, 0.1) is 13.2 Å². The zero-order chi connectivity index (χ0) is 29.1. The van der Waals surface area contributed by atoms with Crippen LogP contribution in [0.2, 0.25) is 0 Å². The SMILES string of the molecule is C=C(C)C(=O)OCCOc1ccc(-c2ccc(-c3ccc(CCCC(CC)(CO)CO)cc3CC)c(F)c2)cc1. The lowest BCUT2D eigenvalue weighted by Gasteiger charge is -2.28. The van der Waals surface area contributed by atoms with Crippen LogP contribution in [0.1, 0.15) is 51.2 Å². The molecule has 3 aromatic carbocycles. The van der Waals surface area contributed by atoms with Crippen molar-refractivity contribution in [3.8, 4) is 28.0 Å². The number of rotatable bonds is 15. The minimum absolute atomic E-state index is 0.0128. The second kappa shape index (κ2) is 14.8. The number of aliphatic hydroxyl groups excluding tert-OH is 2. The molecular weight excluding hydrogens is 507 g/mol. The Kier molecular flexibility index (Phi) is 11.5. The number of esters is 1. The molecule has 0 saturated heterocycles. The molecule has 0 heterocycles. The zero-order valence-electron chi connectivity index (χ0n) is 23.8. The van der Waals surface area contributed by atoms with Gasteiger partial charge in [0.2, 0.25) is 0 Å². The number of carbonyl (C=O) groups is 1. The molecule has 0 aliphatic heterocycles. The van der Waals surface area contributed by atoms with Gasteiger partial charge in [0.15, 0.2) is 0 Å². The smallest absolute Gasteiger partial charge is 0.333 e. The molecule has 40 heavy (non-hydrogen) atoms. The molecule has 0 amide bonds. The molecule has 0 saturated carbocycles. The summed E-state index contributed by atoms with van der Waals surface area (Å²) in [5.41, 5.74) is 5.28. The Morgan fingerprint density at radius 3 is 2.20 bits per heavy atom. The minimum atomic E-state index is -0.442. The summed E-state index contributed by atoms with van der Waals surface area (Å²) in [4.78, 5) is 11.4. The largest absolute Gasteiger partial charge is 0.490 e. The molecule has 0 radical (unpaired) electrons. The van der Waals surface area contributed by atoms with Crippen LogP contribution >= 0.6 is 0 Å². The lowest BCUT2D eigenvalue weighted by Crippen LogP contribution is -2.29. The summed E-state index contributed by atoms with van der Waals surface area (Å²) in [6, 6.07) is 18.9. The van der Waals surface area contributed by atoms with Crippen LogP contribution in [0, 0.1) is 11.2 Å². The third-order valence-corrected chi connectivity index (χ3v) is 7.52. The molecular formula is C34H41FO5. The van der Waals surface area contributed by atoms with Crippen LogP contribution in [0.5, 0.6) is 5.75 Å². The number of benzene rings is 3. The lowest BCUT2D eigenvalue weighted by molar-refractivity contribution is -0.139. The second-order valence-electron chi connectivity index (χ2n) is 10.4. The van der Waals surface area contributed by atoms with Crippen molar-refractivity contribution >= 4 is 5.97 Å². The summed E-state index contributed by atoms with van der Waals surface area (Å²) < 4.78 is 26.0. The molecule has 0 aliphatic carbocycles. The van der Waals surface area contributed by atoms with Gasteiger partial charge in [-0.3, -0.25) is 0 Å². The molecule has 214 valence electrons. The molecule has 0 fully saturated rings. The summed E-state index contributed by atoms with van der Waals surface area (Å²) >= 11 is 0. The highest BCUT2D eigenvalue weighted by atomic mass is 19.1. The Hall–Kier alpha value is -3.48. The van der Waals surface area contributed by atoms with Crippen LogP contribution in [-0.4, -0.2) is 42.6 Å². The van der Waals surface area contributed by atoms with E-state index in [9.17, 15) is 15.0 Å². The van der Waals surface area contributed by atoms with Gasteiger partial charge >= 0.3 is 5.97 Å². The normalized spacial score (nSPS) is 11.3. The summed E-state index contributed by atoms with van der Waals surface area (Å²) in [7, 11) is 0. The van der Waals surface area contributed by atoms with Crippen molar-refractivity contribution in [2.24, 2.45) is 5.41 Å². The molecule has 0 unspecified atom stereocenters. The Balaban J connectivity index is 1.66. The van der Waals surface area contributed by atoms with E-state index in [1.54, 1.807) is 25.1 Å². The maximum Gasteiger partial charge on any atom is 0.333 e. The molecule has 0 aliphatic rings. The molecule has 3 rings (SSSR count). The molecule has 0 spiro atoms. The van der Waals surface area contributed by atoms with E-state index in [-0.39, 0.29) is 32.2 Å². The van der Waals surface area contributed by atoms with E-state index < -0.39 is 11.4 Å².